The van der Waals surface area contributed by atoms with Gasteiger partial charge in [0.15, 0.2) is 0 Å². The second-order valence-corrected chi connectivity index (χ2v) is 11.2. The topological polar surface area (TPSA) is 43.4 Å². The van der Waals surface area contributed by atoms with Crippen LogP contribution in [-0.2, 0) is 14.3 Å². The number of rotatable bonds is 30. The van der Waals surface area contributed by atoms with E-state index in [1.54, 1.807) is 0 Å². The lowest BCUT2D eigenvalue weighted by atomic mass is 10.0. The van der Waals surface area contributed by atoms with Gasteiger partial charge in [0.25, 0.3) is 0 Å². The van der Waals surface area contributed by atoms with Gasteiger partial charge in [0, 0.05) is 12.8 Å². The summed E-state index contributed by atoms with van der Waals surface area (Å²) in [7, 11) is 0. The first kappa shape index (κ1) is 35.1. The molecule has 0 rings (SSSR count). The minimum Gasteiger partial charge on any atom is -0.462 e. The monoisotopic (exact) mass is 508 g/mol. The van der Waals surface area contributed by atoms with Gasteiger partial charge in [-0.1, -0.05) is 162 Å². The van der Waals surface area contributed by atoms with E-state index < -0.39 is 0 Å². The van der Waals surface area contributed by atoms with Crippen molar-refractivity contribution in [3.63, 3.8) is 0 Å². The quantitative estimate of drug-likeness (QED) is 0.0550. The first-order valence-electron chi connectivity index (χ1n) is 16.4. The van der Waals surface area contributed by atoms with Crippen LogP contribution < -0.4 is 0 Å². The van der Waals surface area contributed by atoms with E-state index in [-0.39, 0.29) is 12.1 Å². The lowest BCUT2D eigenvalue weighted by Gasteiger charge is -2.15. The van der Waals surface area contributed by atoms with E-state index in [1.807, 2.05) is 0 Å². The third-order valence-corrected chi connectivity index (χ3v) is 7.52. The summed E-state index contributed by atoms with van der Waals surface area (Å²) in [5, 5.41) is 0. The number of unbranched alkanes of at least 4 members (excludes halogenated alkanes) is 23. The van der Waals surface area contributed by atoms with Crippen LogP contribution in [0.5, 0.6) is 0 Å². The van der Waals surface area contributed by atoms with Gasteiger partial charge in [0.05, 0.1) is 0 Å². The second kappa shape index (κ2) is 30.4. The van der Waals surface area contributed by atoms with E-state index in [2.05, 4.69) is 13.8 Å². The number of esters is 1. The van der Waals surface area contributed by atoms with Crippen LogP contribution in [0, 0.1) is 0 Å². The van der Waals surface area contributed by atoms with Crippen molar-refractivity contribution in [2.75, 3.05) is 0 Å². The molecule has 0 spiro atoms. The van der Waals surface area contributed by atoms with Crippen LogP contribution in [0.4, 0.5) is 0 Å². The van der Waals surface area contributed by atoms with E-state index in [4.69, 9.17) is 4.74 Å². The van der Waals surface area contributed by atoms with Gasteiger partial charge < -0.3 is 9.53 Å². The molecule has 1 unspecified atom stereocenters. The minimum absolute atomic E-state index is 0.108. The van der Waals surface area contributed by atoms with E-state index in [1.165, 1.54) is 141 Å². The normalized spacial score (nSPS) is 12.1. The van der Waals surface area contributed by atoms with Crippen LogP contribution in [0.3, 0.4) is 0 Å². The van der Waals surface area contributed by atoms with Crippen molar-refractivity contribution in [1.29, 1.82) is 0 Å². The summed E-state index contributed by atoms with van der Waals surface area (Å²) in [4.78, 5) is 23.2. The summed E-state index contributed by atoms with van der Waals surface area (Å²) in [6.07, 6.45) is 35.2. The zero-order valence-electron chi connectivity index (χ0n) is 24.7. The van der Waals surface area contributed by atoms with Crippen molar-refractivity contribution < 1.29 is 14.3 Å². The number of aldehydes is 1. The molecule has 0 saturated heterocycles. The fourth-order valence-corrected chi connectivity index (χ4v) is 5.08. The maximum atomic E-state index is 12.2. The number of carbonyl (C=O) groups is 2. The smallest absolute Gasteiger partial charge is 0.306 e. The van der Waals surface area contributed by atoms with Crippen molar-refractivity contribution in [3.05, 3.63) is 0 Å². The highest BCUT2D eigenvalue weighted by atomic mass is 16.5. The Morgan fingerprint density at radius 2 is 0.861 bits per heavy atom. The lowest BCUT2D eigenvalue weighted by molar-refractivity contribution is -0.150. The molecule has 1 atom stereocenters. The summed E-state index contributed by atoms with van der Waals surface area (Å²) in [5.41, 5.74) is 0. The molecule has 3 heteroatoms. The molecule has 0 saturated carbocycles. The molecule has 0 amide bonds. The number of ether oxygens (including phenoxy) is 1. The lowest BCUT2D eigenvalue weighted by Crippen LogP contribution is -2.18. The molecule has 0 aromatic carbocycles. The van der Waals surface area contributed by atoms with Gasteiger partial charge in [-0.15, -0.1) is 0 Å². The maximum absolute atomic E-state index is 12.2. The number of carbonyl (C=O) groups excluding carboxylic acids is 2. The predicted molar refractivity (Wildman–Crippen MR) is 157 cm³/mol. The summed E-state index contributed by atoms with van der Waals surface area (Å²) < 4.78 is 5.62. The molecule has 0 N–H and O–H groups in total. The van der Waals surface area contributed by atoms with Crippen molar-refractivity contribution in [2.24, 2.45) is 0 Å². The zero-order chi connectivity index (χ0) is 26.4. The van der Waals surface area contributed by atoms with Crippen LogP contribution in [0.2, 0.25) is 0 Å². The predicted octanol–water partition coefficient (Wildman–Crippen LogP) is 11.1. The Hall–Kier alpha value is -0.860. The van der Waals surface area contributed by atoms with E-state index in [0.29, 0.717) is 12.8 Å². The molecule has 3 nitrogen and oxygen atoms in total. The standard InChI is InChI=1S/C33H64O3/c1-3-5-7-9-11-13-15-16-17-18-19-21-23-25-27-29-33(35)36-32(30-31-34)28-26-24-22-20-14-12-10-8-6-4-2/h31-32H,3-30H2,1-2H3. The van der Waals surface area contributed by atoms with Crippen molar-refractivity contribution in [2.45, 2.75) is 200 Å². The molecule has 0 aromatic rings. The van der Waals surface area contributed by atoms with Gasteiger partial charge in [0.2, 0.25) is 0 Å². The molecular weight excluding hydrogens is 444 g/mol. The van der Waals surface area contributed by atoms with Crippen molar-refractivity contribution in [1.82, 2.24) is 0 Å². The second-order valence-electron chi connectivity index (χ2n) is 11.2. The van der Waals surface area contributed by atoms with Crippen LogP contribution in [0.15, 0.2) is 0 Å². The third-order valence-electron chi connectivity index (χ3n) is 7.52. The minimum atomic E-state index is -0.208. The Balaban J connectivity index is 3.51. The molecule has 0 aromatic heterocycles. The average Bonchev–Trinajstić information content (AvgIpc) is 2.87. The molecule has 36 heavy (non-hydrogen) atoms. The van der Waals surface area contributed by atoms with Crippen LogP contribution in [0.25, 0.3) is 0 Å². The summed E-state index contributed by atoms with van der Waals surface area (Å²) in [6, 6.07) is 0. The van der Waals surface area contributed by atoms with E-state index in [9.17, 15) is 9.59 Å². The number of hydrogen-bond acceptors (Lipinski definition) is 3. The highest BCUT2D eigenvalue weighted by Gasteiger charge is 2.13. The van der Waals surface area contributed by atoms with Gasteiger partial charge in [0.1, 0.15) is 12.4 Å². The van der Waals surface area contributed by atoms with Gasteiger partial charge >= 0.3 is 5.97 Å². The fraction of sp³-hybridized carbons (Fsp3) is 0.939. The molecule has 214 valence electrons. The van der Waals surface area contributed by atoms with E-state index >= 15 is 0 Å². The fourth-order valence-electron chi connectivity index (χ4n) is 5.08. The van der Waals surface area contributed by atoms with Crippen molar-refractivity contribution >= 4 is 12.3 Å². The third kappa shape index (κ3) is 27.7. The Morgan fingerprint density at radius 3 is 1.22 bits per heavy atom. The molecule has 0 aliphatic carbocycles. The number of hydrogen-bond donors (Lipinski definition) is 0. The molecule has 0 bridgehead atoms. The Bertz CT molecular complexity index is 448. The Morgan fingerprint density at radius 1 is 0.528 bits per heavy atom. The summed E-state index contributed by atoms with van der Waals surface area (Å²) >= 11 is 0. The first-order valence-corrected chi connectivity index (χ1v) is 16.4. The van der Waals surface area contributed by atoms with Gasteiger partial charge in [-0.05, 0) is 19.3 Å². The van der Waals surface area contributed by atoms with E-state index in [0.717, 1.165) is 32.0 Å². The summed E-state index contributed by atoms with van der Waals surface area (Å²) in [6.45, 7) is 4.54. The Labute approximate surface area is 226 Å². The molecule has 0 heterocycles. The van der Waals surface area contributed by atoms with Crippen LogP contribution in [-0.4, -0.2) is 18.4 Å². The first-order chi connectivity index (χ1) is 17.7. The van der Waals surface area contributed by atoms with Gasteiger partial charge in [-0.3, -0.25) is 4.79 Å². The molecule has 0 fully saturated rings. The van der Waals surface area contributed by atoms with Crippen LogP contribution in [0.1, 0.15) is 194 Å². The molecule has 0 aliphatic heterocycles. The molecule has 0 aliphatic rings. The highest BCUT2D eigenvalue weighted by molar-refractivity contribution is 5.69. The van der Waals surface area contributed by atoms with Crippen LogP contribution >= 0.6 is 0 Å². The highest BCUT2D eigenvalue weighted by Crippen LogP contribution is 2.16. The maximum Gasteiger partial charge on any atom is 0.306 e. The van der Waals surface area contributed by atoms with Gasteiger partial charge in [-0.2, -0.15) is 0 Å². The molecular formula is C33H64O3. The van der Waals surface area contributed by atoms with Gasteiger partial charge in [-0.25, -0.2) is 0 Å². The SMILES string of the molecule is CCCCCCCCCCCCCCCCCC(=O)OC(CC=O)CCCCCCCCCCCC. The largest absolute Gasteiger partial charge is 0.462 e. The molecule has 0 radical (unpaired) electrons. The Kier molecular flexibility index (Phi) is 29.6. The zero-order valence-corrected chi connectivity index (χ0v) is 24.7. The van der Waals surface area contributed by atoms with Crippen molar-refractivity contribution in [3.8, 4) is 0 Å². The average molecular weight is 509 g/mol. The summed E-state index contributed by atoms with van der Waals surface area (Å²) in [5.74, 6) is -0.108.